The normalized spacial score (nSPS) is 10.6. The first kappa shape index (κ1) is 12.8. The maximum Gasteiger partial charge on any atom is 0.202 e. The molecule has 0 aliphatic rings. The third kappa shape index (κ3) is 2.78. The summed E-state index contributed by atoms with van der Waals surface area (Å²) in [6.07, 6.45) is 0.0611. The molecule has 0 amide bonds. The summed E-state index contributed by atoms with van der Waals surface area (Å²) in [6.45, 7) is 0.239. The molecule has 5 heteroatoms. The Morgan fingerprint density at radius 3 is 2.72 bits per heavy atom. The number of Topliss-reactive ketones (excluding diaryl/α,β-unsaturated/α-hetero) is 1. The minimum absolute atomic E-state index is 0.0367. The topological polar surface area (TPSA) is 56.2 Å². The van der Waals surface area contributed by atoms with Gasteiger partial charge in [-0.2, -0.15) is 0 Å². The van der Waals surface area contributed by atoms with E-state index in [1.54, 1.807) is 18.2 Å². The van der Waals surface area contributed by atoms with Gasteiger partial charge in [0.1, 0.15) is 11.6 Å². The van der Waals surface area contributed by atoms with Gasteiger partial charge in [-0.15, -0.1) is 0 Å². The van der Waals surface area contributed by atoms with Crippen molar-refractivity contribution in [1.82, 2.24) is 0 Å². The second-order valence-corrected chi connectivity index (χ2v) is 4.23. The highest BCUT2D eigenvalue weighted by atomic mass is 35.5. The van der Waals surface area contributed by atoms with E-state index in [0.717, 1.165) is 0 Å². The molecule has 0 bridgehead atoms. The Morgan fingerprint density at radius 2 is 2.11 bits per heavy atom. The van der Waals surface area contributed by atoms with Crippen LogP contribution in [0.5, 0.6) is 0 Å². The van der Waals surface area contributed by atoms with Crippen molar-refractivity contribution in [2.45, 2.75) is 13.0 Å². The Morgan fingerprint density at radius 1 is 1.33 bits per heavy atom. The standard InChI is InChI=1S/C13H11ClFNO2/c14-10-3-1-8(5-11(10)15)6-12(17)13-4-2-9(7-16)18-13/h1-5H,6-7,16H2. The SMILES string of the molecule is NCc1ccc(C(=O)Cc2ccc(Cl)c(F)c2)o1. The molecule has 0 fully saturated rings. The smallest absolute Gasteiger partial charge is 0.202 e. The van der Waals surface area contributed by atoms with Gasteiger partial charge in [0, 0.05) is 6.42 Å². The number of furan rings is 1. The minimum atomic E-state index is -0.538. The van der Waals surface area contributed by atoms with Crippen molar-refractivity contribution >= 4 is 17.4 Å². The lowest BCUT2D eigenvalue weighted by molar-refractivity contribution is 0.0964. The van der Waals surface area contributed by atoms with E-state index < -0.39 is 5.82 Å². The van der Waals surface area contributed by atoms with Gasteiger partial charge in [0.2, 0.25) is 5.78 Å². The molecule has 3 nitrogen and oxygen atoms in total. The van der Waals surface area contributed by atoms with Crippen molar-refractivity contribution in [3.8, 4) is 0 Å². The monoisotopic (exact) mass is 267 g/mol. The first-order chi connectivity index (χ1) is 8.60. The predicted octanol–water partition coefficient (Wildman–Crippen LogP) is 2.96. The molecule has 2 rings (SSSR count). The van der Waals surface area contributed by atoms with Crippen molar-refractivity contribution in [3.05, 3.63) is 58.3 Å². The summed E-state index contributed by atoms with van der Waals surface area (Å²) in [4.78, 5) is 11.8. The lowest BCUT2D eigenvalue weighted by atomic mass is 10.1. The van der Waals surface area contributed by atoms with Gasteiger partial charge in [-0.25, -0.2) is 4.39 Å². The van der Waals surface area contributed by atoms with Gasteiger partial charge in [-0.3, -0.25) is 4.79 Å². The second-order valence-electron chi connectivity index (χ2n) is 3.82. The van der Waals surface area contributed by atoms with Gasteiger partial charge >= 0.3 is 0 Å². The minimum Gasteiger partial charge on any atom is -0.457 e. The molecule has 0 saturated heterocycles. The van der Waals surface area contributed by atoms with Crippen LogP contribution in [0.25, 0.3) is 0 Å². The van der Waals surface area contributed by atoms with E-state index in [9.17, 15) is 9.18 Å². The van der Waals surface area contributed by atoms with E-state index >= 15 is 0 Å². The Bertz CT molecular complexity index is 580. The fraction of sp³-hybridized carbons (Fsp3) is 0.154. The first-order valence-electron chi connectivity index (χ1n) is 5.36. The zero-order valence-corrected chi connectivity index (χ0v) is 10.2. The Kier molecular flexibility index (Phi) is 3.79. The third-order valence-electron chi connectivity index (χ3n) is 2.49. The summed E-state index contributed by atoms with van der Waals surface area (Å²) < 4.78 is 18.4. The van der Waals surface area contributed by atoms with Crippen LogP contribution >= 0.6 is 11.6 Å². The largest absolute Gasteiger partial charge is 0.457 e. The van der Waals surface area contributed by atoms with Crippen LogP contribution in [0.3, 0.4) is 0 Å². The lowest BCUT2D eigenvalue weighted by Crippen LogP contribution is -2.02. The average molecular weight is 268 g/mol. The maximum atomic E-state index is 13.2. The van der Waals surface area contributed by atoms with Crippen LogP contribution < -0.4 is 5.73 Å². The zero-order chi connectivity index (χ0) is 13.1. The molecular formula is C13H11ClFNO2. The van der Waals surface area contributed by atoms with Crippen molar-refractivity contribution in [3.63, 3.8) is 0 Å². The molecule has 0 aliphatic carbocycles. The van der Waals surface area contributed by atoms with E-state index in [1.807, 2.05) is 0 Å². The maximum absolute atomic E-state index is 13.2. The number of rotatable bonds is 4. The fourth-order valence-electron chi connectivity index (χ4n) is 1.56. The molecule has 2 aromatic rings. The van der Waals surface area contributed by atoms with Crippen LogP contribution in [0.2, 0.25) is 5.02 Å². The molecule has 1 aromatic carbocycles. The van der Waals surface area contributed by atoms with E-state index in [-0.39, 0.29) is 29.5 Å². The Labute approximate surface area is 108 Å². The molecule has 94 valence electrons. The number of nitrogens with two attached hydrogens (primary N) is 1. The first-order valence-corrected chi connectivity index (χ1v) is 5.74. The summed E-state index contributed by atoms with van der Waals surface area (Å²) in [5, 5.41) is 0.0367. The highest BCUT2D eigenvalue weighted by molar-refractivity contribution is 6.30. The van der Waals surface area contributed by atoms with Gasteiger partial charge in [0.05, 0.1) is 11.6 Å². The second kappa shape index (κ2) is 5.33. The van der Waals surface area contributed by atoms with Crippen molar-refractivity contribution in [1.29, 1.82) is 0 Å². The van der Waals surface area contributed by atoms with Gasteiger partial charge in [0.25, 0.3) is 0 Å². The fourth-order valence-corrected chi connectivity index (χ4v) is 1.68. The highest BCUT2D eigenvalue weighted by Gasteiger charge is 2.12. The van der Waals surface area contributed by atoms with E-state index in [0.29, 0.717) is 11.3 Å². The third-order valence-corrected chi connectivity index (χ3v) is 2.79. The van der Waals surface area contributed by atoms with E-state index in [4.69, 9.17) is 21.8 Å². The number of carbonyl (C=O) groups excluding carboxylic acids is 1. The molecule has 1 aromatic heterocycles. The number of ketones is 1. The molecule has 0 aliphatic heterocycles. The zero-order valence-electron chi connectivity index (χ0n) is 9.45. The average Bonchev–Trinajstić information content (AvgIpc) is 2.82. The lowest BCUT2D eigenvalue weighted by Gasteiger charge is -2.00. The van der Waals surface area contributed by atoms with Gasteiger partial charge in [0.15, 0.2) is 5.76 Å². The molecule has 0 radical (unpaired) electrons. The van der Waals surface area contributed by atoms with Gasteiger partial charge in [-0.1, -0.05) is 17.7 Å². The molecule has 0 saturated carbocycles. The molecule has 0 atom stereocenters. The molecular weight excluding hydrogens is 257 g/mol. The molecule has 18 heavy (non-hydrogen) atoms. The van der Waals surface area contributed by atoms with Gasteiger partial charge < -0.3 is 10.2 Å². The number of benzene rings is 1. The number of hydrogen-bond acceptors (Lipinski definition) is 3. The van der Waals surface area contributed by atoms with Crippen LogP contribution in [0.1, 0.15) is 21.9 Å². The Balaban J connectivity index is 2.13. The van der Waals surface area contributed by atoms with Crippen LogP contribution in [-0.2, 0) is 13.0 Å². The van der Waals surface area contributed by atoms with Gasteiger partial charge in [-0.05, 0) is 29.8 Å². The summed E-state index contributed by atoms with van der Waals surface area (Å²) in [6, 6.07) is 7.49. The summed E-state index contributed by atoms with van der Waals surface area (Å²) in [5.41, 5.74) is 5.93. The van der Waals surface area contributed by atoms with E-state index in [2.05, 4.69) is 0 Å². The number of halogens is 2. The summed E-state index contributed by atoms with van der Waals surface area (Å²) >= 11 is 5.56. The summed E-state index contributed by atoms with van der Waals surface area (Å²) in [5.74, 6) is 0.00641. The Hall–Kier alpha value is -1.65. The van der Waals surface area contributed by atoms with Crippen molar-refractivity contribution < 1.29 is 13.6 Å². The molecule has 1 heterocycles. The predicted molar refractivity (Wildman–Crippen MR) is 66.0 cm³/mol. The van der Waals surface area contributed by atoms with Crippen LogP contribution in [0.4, 0.5) is 4.39 Å². The molecule has 2 N–H and O–H groups in total. The number of hydrogen-bond donors (Lipinski definition) is 1. The van der Waals surface area contributed by atoms with Crippen molar-refractivity contribution in [2.24, 2.45) is 5.73 Å². The van der Waals surface area contributed by atoms with E-state index in [1.165, 1.54) is 12.1 Å². The number of carbonyl (C=O) groups is 1. The van der Waals surface area contributed by atoms with Crippen LogP contribution in [0.15, 0.2) is 34.7 Å². The summed E-state index contributed by atoms with van der Waals surface area (Å²) in [7, 11) is 0. The molecule has 0 spiro atoms. The quantitative estimate of drug-likeness (QED) is 0.867. The van der Waals surface area contributed by atoms with Crippen LogP contribution in [-0.4, -0.2) is 5.78 Å². The van der Waals surface area contributed by atoms with Crippen molar-refractivity contribution in [2.75, 3.05) is 0 Å². The molecule has 0 unspecified atom stereocenters. The highest BCUT2D eigenvalue weighted by Crippen LogP contribution is 2.17. The van der Waals surface area contributed by atoms with Crippen LogP contribution in [0, 0.1) is 5.82 Å².